The molecule has 0 heterocycles. The molecule has 1 heteroatoms. The molecule has 11 aliphatic rings. The van der Waals surface area contributed by atoms with Crippen molar-refractivity contribution in [2.45, 2.75) is 243 Å². The van der Waals surface area contributed by atoms with Gasteiger partial charge in [-0.05, 0) is 210 Å². The maximum Gasteiger partial charge on any atom is 0.0104 e. The van der Waals surface area contributed by atoms with Crippen LogP contribution in [0, 0.1) is 94.7 Å². The Labute approximate surface area is 341 Å². The summed E-state index contributed by atoms with van der Waals surface area (Å²) in [4.78, 5) is 3.48. The van der Waals surface area contributed by atoms with Crippen molar-refractivity contribution in [3.05, 3.63) is 0 Å². The van der Waals surface area contributed by atoms with Crippen molar-refractivity contribution in [2.75, 3.05) is 0 Å². The van der Waals surface area contributed by atoms with Crippen molar-refractivity contribution in [3.63, 3.8) is 0 Å². The van der Waals surface area contributed by atoms with Gasteiger partial charge >= 0.3 is 0 Å². The molecule has 0 aromatic rings. The molecule has 0 amide bonds. The van der Waals surface area contributed by atoms with E-state index in [4.69, 9.17) is 0 Å². The van der Waals surface area contributed by atoms with Gasteiger partial charge < -0.3 is 0 Å². The van der Waals surface area contributed by atoms with Gasteiger partial charge in [0.1, 0.15) is 0 Å². The average Bonchev–Trinajstić information content (AvgIpc) is 3.87. The zero-order valence-electron chi connectivity index (χ0n) is 36.2. The van der Waals surface area contributed by atoms with Crippen molar-refractivity contribution in [1.82, 2.24) is 4.90 Å². The fraction of sp³-hybridized carbons (Fsp3) is 1.00. The Bertz CT molecular complexity index is 1220. The normalized spacial score (nSPS) is 51.1. The first kappa shape index (κ1) is 37.9. The fourth-order valence-corrected chi connectivity index (χ4v) is 20.0. The molecular formula is C54H89N. The zero-order valence-corrected chi connectivity index (χ0v) is 36.2. The van der Waals surface area contributed by atoms with Gasteiger partial charge in [0.15, 0.2) is 0 Å². The SMILES string of the molecule is C1CCC(C2CCC(N(C3CCC4CC(C5CCCCC5)CCC4C3)C3CCC4CC5C6CCCCC6CC(C6CC7CCCCC7C6)C5C4C3)CC2)CC1. The van der Waals surface area contributed by atoms with E-state index in [0.29, 0.717) is 0 Å². The lowest BCUT2D eigenvalue weighted by molar-refractivity contribution is -0.0507. The molecule has 310 valence electrons. The van der Waals surface area contributed by atoms with Gasteiger partial charge in [-0.3, -0.25) is 4.90 Å². The van der Waals surface area contributed by atoms with Gasteiger partial charge in [-0.15, -0.1) is 0 Å². The van der Waals surface area contributed by atoms with Gasteiger partial charge in [-0.2, -0.15) is 0 Å². The van der Waals surface area contributed by atoms with Crippen LogP contribution in [0.15, 0.2) is 0 Å². The molecule has 11 rings (SSSR count). The predicted octanol–water partition coefficient (Wildman–Crippen LogP) is 15.1. The first-order valence-corrected chi connectivity index (χ1v) is 27.0. The molecule has 55 heavy (non-hydrogen) atoms. The second-order valence-electron chi connectivity index (χ2n) is 24.4. The lowest BCUT2D eigenvalue weighted by Gasteiger charge is -2.54. The molecule has 0 aliphatic heterocycles. The van der Waals surface area contributed by atoms with Crippen molar-refractivity contribution >= 4 is 0 Å². The van der Waals surface area contributed by atoms with Gasteiger partial charge in [0, 0.05) is 18.1 Å². The number of nitrogens with zero attached hydrogens (tertiary/aromatic N) is 1. The number of hydrogen-bond donors (Lipinski definition) is 0. The second-order valence-corrected chi connectivity index (χ2v) is 24.4. The Balaban J connectivity index is 0.832. The second kappa shape index (κ2) is 16.8. The van der Waals surface area contributed by atoms with Gasteiger partial charge in [0.05, 0.1) is 0 Å². The minimum Gasteiger partial charge on any atom is -0.294 e. The van der Waals surface area contributed by atoms with Crippen LogP contribution in [-0.2, 0) is 0 Å². The molecule has 0 N–H and O–H groups in total. The Morgan fingerprint density at radius 2 is 0.582 bits per heavy atom. The minimum absolute atomic E-state index is 0.932. The highest BCUT2D eigenvalue weighted by Crippen LogP contribution is 2.65. The Hall–Kier alpha value is -0.0400. The highest BCUT2D eigenvalue weighted by atomic mass is 15.2. The molecule has 14 atom stereocenters. The Kier molecular flexibility index (Phi) is 11.6. The summed E-state index contributed by atoms with van der Waals surface area (Å²) in [6, 6.07) is 2.80. The maximum absolute atomic E-state index is 3.48. The predicted molar refractivity (Wildman–Crippen MR) is 231 cm³/mol. The van der Waals surface area contributed by atoms with Crippen LogP contribution in [-0.4, -0.2) is 23.0 Å². The maximum atomic E-state index is 3.48. The van der Waals surface area contributed by atoms with Crippen LogP contribution < -0.4 is 0 Å². The number of fused-ring (bicyclic) bond motifs is 7. The van der Waals surface area contributed by atoms with E-state index in [2.05, 4.69) is 4.90 Å². The van der Waals surface area contributed by atoms with Gasteiger partial charge in [-0.1, -0.05) is 109 Å². The topological polar surface area (TPSA) is 3.24 Å². The molecule has 0 radical (unpaired) electrons. The lowest BCUT2D eigenvalue weighted by Crippen LogP contribution is -2.55. The number of rotatable bonds is 6. The first-order valence-electron chi connectivity index (χ1n) is 27.0. The molecule has 11 saturated carbocycles. The summed E-state index contributed by atoms with van der Waals surface area (Å²) in [5.41, 5.74) is 0. The molecule has 11 fully saturated rings. The van der Waals surface area contributed by atoms with Crippen molar-refractivity contribution in [1.29, 1.82) is 0 Å². The molecule has 1 nitrogen and oxygen atoms in total. The lowest BCUT2D eigenvalue weighted by atomic mass is 9.54. The van der Waals surface area contributed by atoms with Crippen LogP contribution in [0.5, 0.6) is 0 Å². The van der Waals surface area contributed by atoms with E-state index in [0.717, 1.165) is 113 Å². The molecule has 0 spiro atoms. The third-order valence-corrected chi connectivity index (χ3v) is 22.3. The van der Waals surface area contributed by atoms with Crippen LogP contribution in [0.25, 0.3) is 0 Å². The molecule has 0 saturated heterocycles. The Morgan fingerprint density at radius 1 is 0.200 bits per heavy atom. The van der Waals surface area contributed by atoms with Crippen molar-refractivity contribution in [3.8, 4) is 0 Å². The molecular weight excluding hydrogens is 663 g/mol. The largest absolute Gasteiger partial charge is 0.294 e. The van der Waals surface area contributed by atoms with Crippen LogP contribution >= 0.6 is 0 Å². The van der Waals surface area contributed by atoms with E-state index < -0.39 is 0 Å². The summed E-state index contributed by atoms with van der Waals surface area (Å²) >= 11 is 0. The molecule has 0 aromatic carbocycles. The van der Waals surface area contributed by atoms with E-state index in [1.165, 1.54) is 12.8 Å². The third-order valence-electron chi connectivity index (χ3n) is 22.3. The average molecular weight is 752 g/mol. The fourth-order valence-electron chi connectivity index (χ4n) is 20.0. The van der Waals surface area contributed by atoms with Gasteiger partial charge in [0.25, 0.3) is 0 Å². The van der Waals surface area contributed by atoms with E-state index >= 15 is 0 Å². The summed E-state index contributed by atoms with van der Waals surface area (Å²) in [5, 5.41) is 0. The van der Waals surface area contributed by atoms with Crippen LogP contribution in [0.1, 0.15) is 225 Å². The van der Waals surface area contributed by atoms with E-state index in [9.17, 15) is 0 Å². The summed E-state index contributed by atoms with van der Waals surface area (Å²) in [7, 11) is 0. The first-order chi connectivity index (χ1) is 27.2. The quantitative estimate of drug-likeness (QED) is 0.261. The molecule has 11 aliphatic carbocycles. The van der Waals surface area contributed by atoms with Crippen molar-refractivity contribution < 1.29 is 0 Å². The highest BCUT2D eigenvalue weighted by molar-refractivity contribution is 5.08. The third kappa shape index (κ3) is 7.54. The van der Waals surface area contributed by atoms with Crippen LogP contribution in [0.4, 0.5) is 0 Å². The van der Waals surface area contributed by atoms with Gasteiger partial charge in [-0.25, -0.2) is 0 Å². The smallest absolute Gasteiger partial charge is 0.0104 e. The van der Waals surface area contributed by atoms with Crippen LogP contribution in [0.3, 0.4) is 0 Å². The van der Waals surface area contributed by atoms with Crippen molar-refractivity contribution in [2.24, 2.45) is 94.7 Å². The molecule has 14 unspecified atom stereocenters. The minimum atomic E-state index is 0.932. The van der Waals surface area contributed by atoms with E-state index in [1.807, 2.05) is 0 Å². The van der Waals surface area contributed by atoms with Crippen LogP contribution in [0.2, 0.25) is 0 Å². The summed E-state index contributed by atoms with van der Waals surface area (Å²) in [6.45, 7) is 0. The number of hydrogen-bond acceptors (Lipinski definition) is 1. The summed E-state index contributed by atoms with van der Waals surface area (Å²) in [6.07, 6.45) is 55.8. The summed E-state index contributed by atoms with van der Waals surface area (Å²) < 4.78 is 0. The molecule has 0 bridgehead atoms. The van der Waals surface area contributed by atoms with Gasteiger partial charge in [0.2, 0.25) is 0 Å². The van der Waals surface area contributed by atoms with E-state index in [-0.39, 0.29) is 0 Å². The molecule has 0 aromatic heterocycles. The van der Waals surface area contributed by atoms with E-state index in [1.54, 1.807) is 212 Å². The standard InChI is InChI=1S/C54H89N/c1-3-11-36(12-4-1)38-21-25-47(26-22-38)55(48-27-23-42-29-41(19-20-43(42)32-48)37-13-5-2-6-14-37)49-28-24-45-34-53-50-18-10-9-17-44(50)33-51(54(53)52(45)35-49)46-30-39-15-7-8-16-40(39)31-46/h36-54H,1-35H2. The summed E-state index contributed by atoms with van der Waals surface area (Å²) in [5.74, 6) is 17.8. The highest BCUT2D eigenvalue weighted by Gasteiger charge is 2.58. The monoisotopic (exact) mass is 752 g/mol. The Morgan fingerprint density at radius 3 is 1.29 bits per heavy atom. The zero-order chi connectivity index (χ0) is 36.3.